The number of halogens is 1. The molecule has 1 aromatic heterocycles. The standard InChI is InChI=1S/C11H10ClN3O2/c12-4-2-1-3-8-5-10-9(7-13-14-10)11(6-8)15(16)17/h1,3,5-7H,2,4H2,(H,13,14). The summed E-state index contributed by atoms with van der Waals surface area (Å²) < 4.78 is 0. The Bertz CT molecular complexity index is 577. The highest BCUT2D eigenvalue weighted by atomic mass is 35.5. The normalized spacial score (nSPS) is 11.4. The summed E-state index contributed by atoms with van der Waals surface area (Å²) in [7, 11) is 0. The van der Waals surface area contributed by atoms with Gasteiger partial charge in [-0.25, -0.2) is 0 Å². The van der Waals surface area contributed by atoms with E-state index in [2.05, 4.69) is 10.2 Å². The summed E-state index contributed by atoms with van der Waals surface area (Å²) in [5, 5.41) is 18.0. The molecule has 0 amide bonds. The second kappa shape index (κ2) is 4.97. The van der Waals surface area contributed by atoms with E-state index >= 15 is 0 Å². The third-order valence-corrected chi connectivity index (χ3v) is 2.56. The van der Waals surface area contributed by atoms with Crippen molar-refractivity contribution < 1.29 is 4.92 Å². The summed E-state index contributed by atoms with van der Waals surface area (Å²) in [5.74, 6) is 0.533. The number of nitrogens with one attached hydrogen (secondary N) is 1. The summed E-state index contributed by atoms with van der Waals surface area (Å²) in [6.07, 6.45) is 5.89. The van der Waals surface area contributed by atoms with Gasteiger partial charge in [0.05, 0.1) is 22.0 Å². The molecule has 1 heterocycles. The molecule has 88 valence electrons. The Kier molecular flexibility index (Phi) is 3.39. The molecule has 0 radical (unpaired) electrons. The maximum atomic E-state index is 10.9. The Labute approximate surface area is 102 Å². The Morgan fingerprint density at radius 1 is 1.53 bits per heavy atom. The first kappa shape index (κ1) is 11.6. The number of nitro benzene ring substituents is 1. The average molecular weight is 252 g/mol. The number of aromatic nitrogens is 2. The van der Waals surface area contributed by atoms with Crippen molar-refractivity contribution in [3.05, 3.63) is 40.1 Å². The Balaban J connectivity index is 2.48. The van der Waals surface area contributed by atoms with Crippen LogP contribution in [0, 0.1) is 10.1 Å². The maximum Gasteiger partial charge on any atom is 0.280 e. The summed E-state index contributed by atoms with van der Waals surface area (Å²) >= 11 is 5.55. The lowest BCUT2D eigenvalue weighted by molar-refractivity contribution is -0.383. The van der Waals surface area contributed by atoms with Crippen molar-refractivity contribution in [2.45, 2.75) is 6.42 Å². The topological polar surface area (TPSA) is 71.8 Å². The van der Waals surface area contributed by atoms with Crippen LogP contribution in [0.5, 0.6) is 0 Å². The Hall–Kier alpha value is -1.88. The number of rotatable bonds is 4. The molecule has 0 saturated carbocycles. The minimum atomic E-state index is -0.406. The molecule has 0 unspecified atom stereocenters. The average Bonchev–Trinajstić information content (AvgIpc) is 2.76. The highest BCUT2D eigenvalue weighted by Gasteiger charge is 2.14. The fourth-order valence-electron chi connectivity index (χ4n) is 1.58. The Morgan fingerprint density at radius 2 is 2.35 bits per heavy atom. The molecule has 0 fully saturated rings. The number of aromatic amines is 1. The second-order valence-electron chi connectivity index (χ2n) is 3.51. The summed E-state index contributed by atoms with van der Waals surface area (Å²) in [5.41, 5.74) is 1.48. The van der Waals surface area contributed by atoms with Gasteiger partial charge in [-0.05, 0) is 18.1 Å². The molecule has 0 bridgehead atoms. The van der Waals surface area contributed by atoms with Gasteiger partial charge in [0.2, 0.25) is 0 Å². The quantitative estimate of drug-likeness (QED) is 0.515. The van der Waals surface area contributed by atoms with E-state index in [1.807, 2.05) is 18.2 Å². The number of hydrogen-bond acceptors (Lipinski definition) is 3. The zero-order valence-corrected chi connectivity index (χ0v) is 9.65. The van der Waals surface area contributed by atoms with E-state index in [1.165, 1.54) is 12.3 Å². The zero-order chi connectivity index (χ0) is 12.3. The van der Waals surface area contributed by atoms with Crippen LogP contribution in [0.25, 0.3) is 17.0 Å². The lowest BCUT2D eigenvalue weighted by Gasteiger charge is -1.97. The van der Waals surface area contributed by atoms with Gasteiger partial charge in [0.25, 0.3) is 5.69 Å². The van der Waals surface area contributed by atoms with E-state index in [4.69, 9.17) is 11.6 Å². The number of benzene rings is 1. The van der Waals surface area contributed by atoms with Crippen LogP contribution >= 0.6 is 11.6 Å². The number of alkyl halides is 1. The van der Waals surface area contributed by atoms with Gasteiger partial charge in [-0.3, -0.25) is 15.2 Å². The van der Waals surface area contributed by atoms with Crippen molar-refractivity contribution in [1.29, 1.82) is 0 Å². The first-order chi connectivity index (χ1) is 8.22. The van der Waals surface area contributed by atoms with Crippen LogP contribution in [0.1, 0.15) is 12.0 Å². The van der Waals surface area contributed by atoms with E-state index < -0.39 is 4.92 Å². The van der Waals surface area contributed by atoms with Crippen LogP contribution in [0.2, 0.25) is 0 Å². The fraction of sp³-hybridized carbons (Fsp3) is 0.182. The maximum absolute atomic E-state index is 10.9. The fourth-order valence-corrected chi connectivity index (χ4v) is 1.71. The molecular weight excluding hydrogens is 242 g/mol. The second-order valence-corrected chi connectivity index (χ2v) is 3.89. The smallest absolute Gasteiger partial charge is 0.278 e. The van der Waals surface area contributed by atoms with Crippen molar-refractivity contribution in [3.63, 3.8) is 0 Å². The van der Waals surface area contributed by atoms with Crippen LogP contribution in [0.3, 0.4) is 0 Å². The first-order valence-corrected chi connectivity index (χ1v) is 5.60. The number of H-pyrrole nitrogens is 1. The highest BCUT2D eigenvalue weighted by molar-refractivity contribution is 6.17. The number of nitro groups is 1. The van der Waals surface area contributed by atoms with Gasteiger partial charge >= 0.3 is 0 Å². The van der Waals surface area contributed by atoms with Crippen molar-refractivity contribution in [3.8, 4) is 0 Å². The van der Waals surface area contributed by atoms with Gasteiger partial charge in [-0.2, -0.15) is 5.10 Å². The molecule has 0 atom stereocenters. The van der Waals surface area contributed by atoms with E-state index in [9.17, 15) is 10.1 Å². The molecule has 6 heteroatoms. The van der Waals surface area contributed by atoms with Gasteiger partial charge in [0.15, 0.2) is 0 Å². The molecule has 0 spiro atoms. The van der Waals surface area contributed by atoms with Crippen molar-refractivity contribution in [2.24, 2.45) is 0 Å². The van der Waals surface area contributed by atoms with Crippen LogP contribution in [0.4, 0.5) is 5.69 Å². The largest absolute Gasteiger partial charge is 0.280 e. The molecule has 0 saturated heterocycles. The lowest BCUT2D eigenvalue weighted by atomic mass is 10.1. The number of fused-ring (bicyclic) bond motifs is 1. The molecule has 0 aliphatic carbocycles. The SMILES string of the molecule is O=[N+]([O-])c1cc(C=CCCCl)cc2[nH]ncc12. The molecular formula is C11H10ClN3O2. The molecule has 1 N–H and O–H groups in total. The minimum Gasteiger partial charge on any atom is -0.278 e. The molecule has 0 aliphatic heterocycles. The van der Waals surface area contributed by atoms with Crippen LogP contribution in [-0.4, -0.2) is 21.0 Å². The monoisotopic (exact) mass is 251 g/mol. The van der Waals surface area contributed by atoms with Crippen LogP contribution in [-0.2, 0) is 0 Å². The van der Waals surface area contributed by atoms with Crippen molar-refractivity contribution in [1.82, 2.24) is 10.2 Å². The Morgan fingerprint density at radius 3 is 3.06 bits per heavy atom. The van der Waals surface area contributed by atoms with E-state index in [-0.39, 0.29) is 5.69 Å². The van der Waals surface area contributed by atoms with Gasteiger partial charge in [-0.1, -0.05) is 12.2 Å². The van der Waals surface area contributed by atoms with E-state index in [1.54, 1.807) is 0 Å². The molecule has 17 heavy (non-hydrogen) atoms. The first-order valence-electron chi connectivity index (χ1n) is 5.06. The molecule has 1 aromatic carbocycles. The minimum absolute atomic E-state index is 0.0572. The third kappa shape index (κ3) is 2.45. The van der Waals surface area contributed by atoms with Crippen LogP contribution in [0.15, 0.2) is 24.4 Å². The highest BCUT2D eigenvalue weighted by Crippen LogP contribution is 2.26. The summed E-state index contributed by atoms with van der Waals surface area (Å²) in [4.78, 5) is 10.5. The number of allylic oxidation sites excluding steroid dienone is 1. The lowest BCUT2D eigenvalue weighted by Crippen LogP contribution is -1.89. The van der Waals surface area contributed by atoms with Gasteiger partial charge < -0.3 is 0 Å². The number of non-ortho nitro benzene ring substituents is 1. The summed E-state index contributed by atoms with van der Waals surface area (Å²) in [6.45, 7) is 0. The predicted molar refractivity (Wildman–Crippen MR) is 67.1 cm³/mol. The van der Waals surface area contributed by atoms with Crippen molar-refractivity contribution >= 4 is 34.3 Å². The third-order valence-electron chi connectivity index (χ3n) is 2.34. The van der Waals surface area contributed by atoms with Crippen LogP contribution < -0.4 is 0 Å². The molecule has 2 aromatic rings. The van der Waals surface area contributed by atoms with E-state index in [0.29, 0.717) is 16.8 Å². The van der Waals surface area contributed by atoms with Crippen molar-refractivity contribution in [2.75, 3.05) is 5.88 Å². The number of hydrogen-bond donors (Lipinski definition) is 1. The van der Waals surface area contributed by atoms with E-state index in [0.717, 1.165) is 12.0 Å². The molecule has 0 aliphatic rings. The number of nitrogens with zero attached hydrogens (tertiary/aromatic N) is 2. The molecule has 5 nitrogen and oxygen atoms in total. The van der Waals surface area contributed by atoms with Gasteiger partial charge in [-0.15, -0.1) is 11.6 Å². The predicted octanol–water partition coefficient (Wildman–Crippen LogP) is 3.11. The molecule has 2 rings (SSSR count). The van der Waals surface area contributed by atoms with Gasteiger partial charge in [0.1, 0.15) is 0 Å². The zero-order valence-electron chi connectivity index (χ0n) is 8.89. The van der Waals surface area contributed by atoms with Gasteiger partial charge in [0, 0.05) is 11.9 Å². The summed E-state index contributed by atoms with van der Waals surface area (Å²) in [6, 6.07) is 3.35.